The lowest BCUT2D eigenvalue weighted by atomic mass is 9.81. The van der Waals surface area contributed by atoms with Gasteiger partial charge in [-0.25, -0.2) is 4.79 Å². The molecule has 1 spiro atoms. The molecule has 1 saturated carbocycles. The van der Waals surface area contributed by atoms with Crippen LogP contribution in [0.5, 0.6) is 0 Å². The monoisotopic (exact) mass is 443 g/mol. The minimum absolute atomic E-state index is 0.136. The number of nitrogens with one attached hydrogen (secondary N) is 2. The molecule has 1 aliphatic carbocycles. The van der Waals surface area contributed by atoms with E-state index in [2.05, 4.69) is 20.6 Å². The van der Waals surface area contributed by atoms with Crippen molar-refractivity contribution in [3.63, 3.8) is 0 Å². The van der Waals surface area contributed by atoms with Gasteiger partial charge in [0.2, 0.25) is 0 Å². The highest BCUT2D eigenvalue weighted by Crippen LogP contribution is 2.34. The first-order chi connectivity index (χ1) is 16.1. The summed E-state index contributed by atoms with van der Waals surface area (Å²) in [6.07, 6.45) is 7.58. The minimum atomic E-state index is -0.739. The molecule has 0 unspecified atom stereocenters. The van der Waals surface area contributed by atoms with E-state index in [-0.39, 0.29) is 30.9 Å². The summed E-state index contributed by atoms with van der Waals surface area (Å²) >= 11 is 0. The Kier molecular flexibility index (Phi) is 5.50. The van der Waals surface area contributed by atoms with Crippen LogP contribution in [0.4, 0.5) is 4.79 Å². The molecule has 8 heteroatoms. The fourth-order valence-electron chi connectivity index (χ4n) is 4.75. The highest BCUT2D eigenvalue weighted by molar-refractivity contribution is 6.07. The van der Waals surface area contributed by atoms with E-state index in [1.807, 2.05) is 24.3 Å². The number of carbonyl (C=O) groups is 3. The van der Waals surface area contributed by atoms with Gasteiger partial charge in [-0.15, -0.1) is 0 Å². The summed E-state index contributed by atoms with van der Waals surface area (Å²) in [5.74, 6) is -0.364. The van der Waals surface area contributed by atoms with Crippen LogP contribution >= 0.6 is 0 Å². The first-order valence-electron chi connectivity index (χ1n) is 11.3. The minimum Gasteiger partial charge on any atom is -0.348 e. The summed E-state index contributed by atoms with van der Waals surface area (Å²) in [4.78, 5) is 48.3. The van der Waals surface area contributed by atoms with Crippen molar-refractivity contribution in [1.82, 2.24) is 25.5 Å². The van der Waals surface area contributed by atoms with Crippen LogP contribution in [0.3, 0.4) is 0 Å². The van der Waals surface area contributed by atoms with Gasteiger partial charge >= 0.3 is 6.03 Å². The summed E-state index contributed by atoms with van der Waals surface area (Å²) in [6, 6.07) is 12.4. The summed E-state index contributed by atoms with van der Waals surface area (Å²) in [5, 5.41) is 5.89. The van der Waals surface area contributed by atoms with Crippen molar-refractivity contribution in [2.75, 3.05) is 0 Å². The van der Waals surface area contributed by atoms with Crippen molar-refractivity contribution in [3.8, 4) is 0 Å². The zero-order chi connectivity index (χ0) is 22.8. The molecular weight excluding hydrogens is 418 g/mol. The Morgan fingerprint density at radius 1 is 0.970 bits per heavy atom. The molecule has 1 aliphatic heterocycles. The highest BCUT2D eigenvalue weighted by atomic mass is 16.2. The third-order valence-corrected chi connectivity index (χ3v) is 6.57. The van der Waals surface area contributed by atoms with Crippen LogP contribution < -0.4 is 10.6 Å². The van der Waals surface area contributed by atoms with Crippen LogP contribution in [0.25, 0.3) is 11.0 Å². The molecule has 33 heavy (non-hydrogen) atoms. The van der Waals surface area contributed by atoms with Crippen molar-refractivity contribution in [3.05, 3.63) is 71.5 Å². The van der Waals surface area contributed by atoms with E-state index >= 15 is 0 Å². The molecule has 1 saturated heterocycles. The fraction of sp³-hybridized carbons (Fsp3) is 0.320. The number of rotatable bonds is 5. The fourth-order valence-corrected chi connectivity index (χ4v) is 4.75. The summed E-state index contributed by atoms with van der Waals surface area (Å²) < 4.78 is 0. The number of carbonyl (C=O) groups excluding carboxylic acids is 3. The number of hydrogen-bond acceptors (Lipinski definition) is 5. The van der Waals surface area contributed by atoms with E-state index in [0.717, 1.165) is 35.9 Å². The lowest BCUT2D eigenvalue weighted by Gasteiger charge is -2.30. The first kappa shape index (κ1) is 21.1. The van der Waals surface area contributed by atoms with Gasteiger partial charge in [0.1, 0.15) is 5.54 Å². The van der Waals surface area contributed by atoms with Gasteiger partial charge < -0.3 is 10.6 Å². The third kappa shape index (κ3) is 4.04. The molecule has 2 fully saturated rings. The molecule has 0 atom stereocenters. The molecule has 1 aromatic heterocycles. The molecule has 168 valence electrons. The molecule has 5 rings (SSSR count). The standard InChI is InChI=1S/C25H25N5O3/c31-22(17-8-9-20-21(14-17)27-13-12-26-20)28-15-18-6-2-3-7-19(18)16-30-23(32)25(29-24(30)33)10-4-1-5-11-25/h2-3,6-9,12-14H,1,4-5,10-11,15-16H2,(H,28,31)(H,29,33). The Balaban J connectivity index is 1.29. The average Bonchev–Trinajstić information content (AvgIpc) is 3.07. The first-order valence-corrected chi connectivity index (χ1v) is 11.3. The van der Waals surface area contributed by atoms with Crippen LogP contribution in [0, 0.1) is 0 Å². The van der Waals surface area contributed by atoms with Gasteiger partial charge in [-0.3, -0.25) is 24.5 Å². The lowest BCUT2D eigenvalue weighted by molar-refractivity contribution is -0.132. The Labute approximate surface area is 191 Å². The second kappa shape index (κ2) is 8.61. The van der Waals surface area contributed by atoms with E-state index in [1.165, 1.54) is 4.90 Å². The predicted octanol–water partition coefficient (Wildman–Crippen LogP) is 3.31. The van der Waals surface area contributed by atoms with Crippen molar-refractivity contribution in [1.29, 1.82) is 0 Å². The van der Waals surface area contributed by atoms with Crippen molar-refractivity contribution in [2.24, 2.45) is 0 Å². The van der Waals surface area contributed by atoms with Crippen molar-refractivity contribution in [2.45, 2.75) is 50.7 Å². The predicted molar refractivity (Wildman–Crippen MR) is 122 cm³/mol. The Bertz CT molecular complexity index is 1240. The quantitative estimate of drug-likeness (QED) is 0.589. The number of amides is 4. The van der Waals surface area contributed by atoms with Crippen LogP contribution in [-0.4, -0.2) is 38.3 Å². The van der Waals surface area contributed by atoms with Crippen molar-refractivity contribution < 1.29 is 14.4 Å². The molecule has 2 N–H and O–H groups in total. The summed E-state index contributed by atoms with van der Waals surface area (Å²) in [6.45, 7) is 0.465. The smallest absolute Gasteiger partial charge is 0.325 e. The molecule has 3 aromatic rings. The number of nitrogens with zero attached hydrogens (tertiary/aromatic N) is 3. The van der Waals surface area contributed by atoms with Crippen molar-refractivity contribution >= 4 is 28.9 Å². The van der Waals surface area contributed by atoms with E-state index in [9.17, 15) is 14.4 Å². The highest BCUT2D eigenvalue weighted by Gasteiger charge is 2.51. The Morgan fingerprint density at radius 3 is 2.48 bits per heavy atom. The maximum Gasteiger partial charge on any atom is 0.325 e. The third-order valence-electron chi connectivity index (χ3n) is 6.57. The van der Waals surface area contributed by atoms with E-state index < -0.39 is 5.54 Å². The Hall–Kier alpha value is -3.81. The maximum atomic E-state index is 13.1. The van der Waals surface area contributed by atoms with Gasteiger partial charge in [-0.05, 0) is 42.2 Å². The van der Waals surface area contributed by atoms with E-state index in [0.29, 0.717) is 23.9 Å². The number of aromatic nitrogens is 2. The largest absolute Gasteiger partial charge is 0.348 e. The molecule has 2 aromatic carbocycles. The van der Waals surface area contributed by atoms with Gasteiger partial charge in [0.25, 0.3) is 11.8 Å². The summed E-state index contributed by atoms with van der Waals surface area (Å²) in [5.41, 5.74) is 2.82. The normalized spacial score (nSPS) is 17.4. The molecule has 8 nitrogen and oxygen atoms in total. The van der Waals surface area contributed by atoms with Crippen LogP contribution in [0.2, 0.25) is 0 Å². The van der Waals surface area contributed by atoms with Gasteiger partial charge in [0, 0.05) is 24.5 Å². The number of hydrogen-bond donors (Lipinski definition) is 2. The number of urea groups is 1. The second-order valence-electron chi connectivity index (χ2n) is 8.68. The van der Waals surface area contributed by atoms with Crippen LogP contribution in [0.15, 0.2) is 54.9 Å². The van der Waals surface area contributed by atoms with Crippen LogP contribution in [-0.2, 0) is 17.9 Å². The van der Waals surface area contributed by atoms with Gasteiger partial charge in [-0.2, -0.15) is 0 Å². The summed E-state index contributed by atoms with van der Waals surface area (Å²) in [7, 11) is 0. The molecule has 0 bridgehead atoms. The molecule has 0 radical (unpaired) electrons. The van der Waals surface area contributed by atoms with Gasteiger partial charge in [-0.1, -0.05) is 43.5 Å². The molecule has 2 heterocycles. The number of imide groups is 1. The topological polar surface area (TPSA) is 104 Å². The molecular formula is C25H25N5O3. The lowest BCUT2D eigenvalue weighted by Crippen LogP contribution is -2.48. The SMILES string of the molecule is O=C(NCc1ccccc1CN1C(=O)NC2(CCCCC2)C1=O)c1ccc2nccnc2c1. The second-order valence-corrected chi connectivity index (χ2v) is 8.68. The zero-order valence-electron chi connectivity index (χ0n) is 18.2. The van der Waals surface area contributed by atoms with Crippen LogP contribution in [0.1, 0.15) is 53.6 Å². The maximum absolute atomic E-state index is 13.1. The Morgan fingerprint density at radius 2 is 1.70 bits per heavy atom. The zero-order valence-corrected chi connectivity index (χ0v) is 18.2. The molecule has 4 amide bonds. The number of fused-ring (bicyclic) bond motifs is 1. The number of benzene rings is 2. The van der Waals surface area contributed by atoms with E-state index in [1.54, 1.807) is 30.6 Å². The van der Waals surface area contributed by atoms with Gasteiger partial charge in [0.05, 0.1) is 17.6 Å². The van der Waals surface area contributed by atoms with E-state index in [4.69, 9.17) is 0 Å². The average molecular weight is 444 g/mol. The van der Waals surface area contributed by atoms with Gasteiger partial charge in [0.15, 0.2) is 0 Å². The molecule has 2 aliphatic rings.